The molecule has 0 aliphatic carbocycles. The first-order valence-corrected chi connectivity index (χ1v) is 14.3. The van der Waals surface area contributed by atoms with Crippen molar-refractivity contribution in [3.63, 3.8) is 0 Å². The highest BCUT2D eigenvalue weighted by molar-refractivity contribution is 6.22. The molecule has 0 radical (unpaired) electrons. The first kappa shape index (κ1) is 19.5. The molecule has 0 amide bonds. The van der Waals surface area contributed by atoms with Crippen LogP contribution >= 0.6 is 0 Å². The van der Waals surface area contributed by atoms with Crippen molar-refractivity contribution < 1.29 is 11.3 Å². The summed E-state index contributed by atoms with van der Waals surface area (Å²) in [5.74, 6) is 0. The first-order valence-electron chi connectivity index (χ1n) is 16.8. The summed E-state index contributed by atoms with van der Waals surface area (Å²) >= 11 is 0. The summed E-state index contributed by atoms with van der Waals surface area (Å²) in [5, 5.41) is 7.06. The maximum Gasteiger partial charge on any atom is 0.143 e. The summed E-state index contributed by atoms with van der Waals surface area (Å²) in [6.45, 7) is 0. The summed E-state index contributed by atoms with van der Waals surface area (Å²) in [6, 6.07) is 41.9. The van der Waals surface area contributed by atoms with Crippen molar-refractivity contribution in [2.24, 2.45) is 0 Å². The van der Waals surface area contributed by atoms with Crippen molar-refractivity contribution in [1.29, 1.82) is 0 Å². The van der Waals surface area contributed by atoms with E-state index in [1.54, 1.807) is 30.3 Å². The molecule has 1 nitrogen and oxygen atoms in total. The molecule has 9 aromatic rings. The molecule has 0 unspecified atom stereocenters. The van der Waals surface area contributed by atoms with Gasteiger partial charge in [-0.25, -0.2) is 0 Å². The quantitative estimate of drug-likeness (QED) is 0.199. The molecule has 0 bridgehead atoms. The zero-order chi connectivity index (χ0) is 32.7. The minimum atomic E-state index is 0.0892. The third kappa shape index (κ3) is 3.72. The van der Waals surface area contributed by atoms with Crippen LogP contribution < -0.4 is 0 Å². The Kier molecular flexibility index (Phi) is 4.27. The lowest BCUT2D eigenvalue weighted by Gasteiger charge is -2.17. The monoisotopic (exact) mass is 551 g/mol. The molecule has 0 spiro atoms. The maximum atomic E-state index is 9.19. The van der Waals surface area contributed by atoms with Gasteiger partial charge in [0.25, 0.3) is 0 Å². The van der Waals surface area contributed by atoms with Crippen LogP contribution in [0.2, 0.25) is 0 Å². The van der Waals surface area contributed by atoms with Gasteiger partial charge in [-0.1, -0.05) is 139 Å². The molecule has 0 fully saturated rings. The predicted octanol–water partition coefficient (Wildman–Crippen LogP) is 12.0. The van der Waals surface area contributed by atoms with Gasteiger partial charge in [-0.3, -0.25) is 0 Å². The van der Waals surface area contributed by atoms with Gasteiger partial charge in [0.2, 0.25) is 0 Å². The second-order valence-electron chi connectivity index (χ2n) is 10.9. The van der Waals surface area contributed by atoms with Crippen LogP contribution in [0.3, 0.4) is 0 Å². The van der Waals surface area contributed by atoms with Gasteiger partial charge < -0.3 is 4.42 Å². The van der Waals surface area contributed by atoms with Gasteiger partial charge in [0, 0.05) is 16.3 Å². The maximum absolute atomic E-state index is 9.19. The van der Waals surface area contributed by atoms with E-state index in [9.17, 15) is 1.37 Å². The Morgan fingerprint density at radius 3 is 1.79 bits per heavy atom. The lowest BCUT2D eigenvalue weighted by molar-refractivity contribution is 0.670. The lowest BCUT2D eigenvalue weighted by atomic mass is 9.86. The molecule has 8 aromatic carbocycles. The van der Waals surface area contributed by atoms with Crippen LogP contribution in [0.25, 0.3) is 87.6 Å². The molecule has 0 atom stereocenters. The van der Waals surface area contributed by atoms with Crippen molar-refractivity contribution in [2.75, 3.05) is 0 Å². The molecule has 0 saturated carbocycles. The zero-order valence-electron chi connectivity index (χ0n) is 28.0. The molecule has 200 valence electrons. The molecular formula is C42H26O. The Morgan fingerprint density at radius 2 is 1.07 bits per heavy atom. The SMILES string of the molecule is [2H]c1cc2c(-c3ccccc3)c3cc([2H])c([2H])cc3c(-c3cc([2H])c4oc5c(-c6ccc7ccccc7c6)cccc5c4c3)c2cc1[2H]. The van der Waals surface area contributed by atoms with Crippen LogP contribution in [0, 0.1) is 0 Å². The van der Waals surface area contributed by atoms with Crippen LogP contribution in [-0.4, -0.2) is 0 Å². The van der Waals surface area contributed by atoms with E-state index < -0.39 is 0 Å². The molecule has 1 heterocycles. The molecule has 9 rings (SSSR count). The minimum Gasteiger partial charge on any atom is -0.455 e. The Bertz CT molecular complexity index is 2710. The summed E-state index contributed by atoms with van der Waals surface area (Å²) in [5.41, 5.74) is 6.46. The summed E-state index contributed by atoms with van der Waals surface area (Å²) in [6.07, 6.45) is 0. The van der Waals surface area contributed by atoms with Crippen LogP contribution in [0.1, 0.15) is 6.85 Å². The summed E-state index contributed by atoms with van der Waals surface area (Å²) in [7, 11) is 0. The van der Waals surface area contributed by atoms with Gasteiger partial charge in [-0.15, -0.1) is 0 Å². The molecule has 1 heteroatoms. The molecule has 0 N–H and O–H groups in total. The van der Waals surface area contributed by atoms with Crippen molar-refractivity contribution in [3.05, 3.63) is 158 Å². The predicted molar refractivity (Wildman–Crippen MR) is 183 cm³/mol. The smallest absolute Gasteiger partial charge is 0.143 e. The van der Waals surface area contributed by atoms with E-state index in [-0.39, 0.29) is 30.2 Å². The Hall–Kier alpha value is -5.66. The van der Waals surface area contributed by atoms with Crippen LogP contribution in [-0.2, 0) is 0 Å². The van der Waals surface area contributed by atoms with Gasteiger partial charge in [-0.2, -0.15) is 0 Å². The average molecular weight is 552 g/mol. The zero-order valence-corrected chi connectivity index (χ0v) is 23.0. The van der Waals surface area contributed by atoms with Crippen LogP contribution in [0.4, 0.5) is 0 Å². The van der Waals surface area contributed by atoms with Gasteiger partial charge in [0.1, 0.15) is 11.2 Å². The van der Waals surface area contributed by atoms with Gasteiger partial charge in [-0.05, 0) is 78.3 Å². The fourth-order valence-corrected chi connectivity index (χ4v) is 6.57. The molecule has 1 aromatic heterocycles. The van der Waals surface area contributed by atoms with E-state index in [4.69, 9.17) is 9.90 Å². The fraction of sp³-hybridized carbons (Fsp3) is 0. The first-order chi connectivity index (χ1) is 23.4. The standard InChI is InChI=1S/C42H26O/c1-2-12-28(13-3-1)40-33-15-6-8-17-35(33)41(36-18-9-7-16-34(36)40)31-23-24-39-38(26-31)37-20-10-19-32(42(37)43-39)30-22-21-27-11-4-5-14-29(27)25-30/h1-26H/i6D,7D,8D,9D,24D. The van der Waals surface area contributed by atoms with Crippen molar-refractivity contribution >= 4 is 54.3 Å². The largest absolute Gasteiger partial charge is 0.455 e. The third-order valence-electron chi connectivity index (χ3n) is 8.51. The molecule has 0 aliphatic heterocycles. The Labute approximate surface area is 256 Å². The number of hydrogen-bond donors (Lipinski definition) is 0. The minimum absolute atomic E-state index is 0.0892. The van der Waals surface area contributed by atoms with E-state index in [0.717, 1.165) is 76.5 Å². The van der Waals surface area contributed by atoms with Crippen molar-refractivity contribution in [3.8, 4) is 33.4 Å². The van der Waals surface area contributed by atoms with Crippen molar-refractivity contribution in [1.82, 2.24) is 0 Å². The number of fused-ring (bicyclic) bond motifs is 6. The number of furan rings is 1. The van der Waals surface area contributed by atoms with E-state index >= 15 is 0 Å². The van der Waals surface area contributed by atoms with Crippen LogP contribution in [0.5, 0.6) is 0 Å². The second-order valence-corrected chi connectivity index (χ2v) is 10.9. The molecule has 43 heavy (non-hydrogen) atoms. The second kappa shape index (κ2) is 9.44. The van der Waals surface area contributed by atoms with Gasteiger partial charge >= 0.3 is 0 Å². The third-order valence-corrected chi connectivity index (χ3v) is 8.51. The van der Waals surface area contributed by atoms with Crippen LogP contribution in [0.15, 0.2) is 162 Å². The van der Waals surface area contributed by atoms with Gasteiger partial charge in [0.15, 0.2) is 0 Å². The van der Waals surface area contributed by atoms with Gasteiger partial charge in [0.05, 0.1) is 6.85 Å². The highest BCUT2D eigenvalue weighted by Crippen LogP contribution is 2.45. The molecular weight excluding hydrogens is 520 g/mol. The highest BCUT2D eigenvalue weighted by atomic mass is 16.3. The normalized spacial score (nSPS) is 13.3. The number of rotatable bonds is 3. The number of para-hydroxylation sites is 1. The molecule has 0 aliphatic rings. The molecule has 0 saturated heterocycles. The topological polar surface area (TPSA) is 13.1 Å². The Morgan fingerprint density at radius 1 is 0.419 bits per heavy atom. The van der Waals surface area contributed by atoms with E-state index in [2.05, 4.69) is 30.3 Å². The van der Waals surface area contributed by atoms with E-state index in [1.165, 1.54) is 0 Å². The fourth-order valence-electron chi connectivity index (χ4n) is 6.57. The van der Waals surface area contributed by atoms with E-state index in [1.807, 2.05) is 66.7 Å². The summed E-state index contributed by atoms with van der Waals surface area (Å²) < 4.78 is 50.1. The summed E-state index contributed by atoms with van der Waals surface area (Å²) in [4.78, 5) is 0. The Balaban J connectivity index is 1.37. The average Bonchev–Trinajstić information content (AvgIpc) is 3.48. The number of benzene rings is 8. The van der Waals surface area contributed by atoms with E-state index in [0.29, 0.717) is 11.2 Å². The lowest BCUT2D eigenvalue weighted by Crippen LogP contribution is -1.90. The number of hydrogen-bond acceptors (Lipinski definition) is 1. The van der Waals surface area contributed by atoms with Crippen molar-refractivity contribution in [2.45, 2.75) is 0 Å². The highest BCUT2D eigenvalue weighted by Gasteiger charge is 2.18.